The fourth-order valence-electron chi connectivity index (χ4n) is 4.89. The van der Waals surface area contributed by atoms with Crippen molar-refractivity contribution in [1.29, 1.82) is 0 Å². The van der Waals surface area contributed by atoms with E-state index in [1.54, 1.807) is 29.2 Å². The molecule has 4 aromatic rings. The molecule has 0 bridgehead atoms. The molecule has 1 aliphatic rings. The number of hydrogen-bond donors (Lipinski definition) is 3. The number of nitrogens with two attached hydrogens (primary N) is 2. The fraction of sp³-hybridized carbons (Fsp3) is 0.360. The van der Waals surface area contributed by atoms with Gasteiger partial charge < -0.3 is 30.8 Å². The zero-order valence-electron chi connectivity index (χ0n) is 20.6. The number of rotatable bonds is 7. The van der Waals surface area contributed by atoms with Gasteiger partial charge in [0, 0.05) is 18.7 Å². The average Bonchev–Trinajstić information content (AvgIpc) is 3.32. The summed E-state index contributed by atoms with van der Waals surface area (Å²) in [5.41, 5.74) is 14.1. The number of nitrogen functional groups attached to an aromatic ring is 1. The van der Waals surface area contributed by atoms with Gasteiger partial charge in [-0.2, -0.15) is 0 Å². The molecule has 38 heavy (non-hydrogen) atoms. The zero-order valence-corrected chi connectivity index (χ0v) is 20.6. The first kappa shape index (κ1) is 25.7. The van der Waals surface area contributed by atoms with E-state index >= 15 is 0 Å². The highest BCUT2D eigenvalue weighted by Gasteiger charge is 2.43. The normalized spacial score (nSPS) is 18.8. The highest BCUT2D eigenvalue weighted by Crippen LogP contribution is 2.34. The van der Waals surface area contributed by atoms with Crippen LogP contribution in [0.5, 0.6) is 5.75 Å². The first-order valence-corrected chi connectivity index (χ1v) is 11.9. The van der Waals surface area contributed by atoms with Crippen molar-refractivity contribution in [3.63, 3.8) is 0 Å². The van der Waals surface area contributed by atoms with Crippen LogP contribution in [0.25, 0.3) is 22.4 Å². The van der Waals surface area contributed by atoms with Gasteiger partial charge in [-0.15, -0.1) is 0 Å². The van der Waals surface area contributed by atoms with Crippen LogP contribution in [0, 0.1) is 5.82 Å². The van der Waals surface area contributed by atoms with Gasteiger partial charge in [0.2, 0.25) is 0 Å². The predicted molar refractivity (Wildman–Crippen MR) is 135 cm³/mol. The molecule has 1 aromatic carbocycles. The van der Waals surface area contributed by atoms with Crippen molar-refractivity contribution in [2.45, 2.75) is 37.5 Å². The van der Waals surface area contributed by atoms with Gasteiger partial charge in [0.15, 0.2) is 23.0 Å². The fourth-order valence-corrected chi connectivity index (χ4v) is 4.89. The van der Waals surface area contributed by atoms with Gasteiger partial charge in [-0.25, -0.2) is 28.1 Å². The van der Waals surface area contributed by atoms with Crippen LogP contribution in [0.4, 0.5) is 24.7 Å². The number of benzene rings is 1. The minimum atomic E-state index is -2.97. The lowest BCUT2D eigenvalue weighted by Crippen LogP contribution is -2.63. The Morgan fingerprint density at radius 2 is 2.00 bits per heavy atom. The molecule has 5 rings (SSSR count). The number of halogens is 3. The maximum absolute atomic E-state index is 14.5. The molecule has 0 saturated carbocycles. The number of alkyl halides is 2. The Morgan fingerprint density at radius 3 is 2.74 bits per heavy atom. The number of ether oxygens (including phenoxy) is 1. The number of pyridine rings is 1. The van der Waals surface area contributed by atoms with Crippen molar-refractivity contribution < 1.29 is 23.0 Å². The molecular formula is C25H27F3N8O2. The summed E-state index contributed by atoms with van der Waals surface area (Å²) in [6.07, 6.45) is 0.347. The molecule has 200 valence electrons. The summed E-state index contributed by atoms with van der Waals surface area (Å²) in [4.78, 5) is 19.0. The Bertz CT molecular complexity index is 1470. The number of nitrogens with zero attached hydrogens (tertiary/aromatic N) is 6. The first-order chi connectivity index (χ1) is 18.2. The number of methoxy groups -OCH3 is 1. The Morgan fingerprint density at radius 1 is 1.18 bits per heavy atom. The van der Waals surface area contributed by atoms with E-state index in [1.165, 1.54) is 25.6 Å². The van der Waals surface area contributed by atoms with Crippen molar-refractivity contribution in [3.05, 3.63) is 54.5 Å². The largest absolute Gasteiger partial charge is 0.494 e. The Balaban J connectivity index is 1.57. The molecule has 1 fully saturated rings. The van der Waals surface area contributed by atoms with Gasteiger partial charge in [-0.3, -0.25) is 4.98 Å². The van der Waals surface area contributed by atoms with Crippen molar-refractivity contribution in [1.82, 2.24) is 24.5 Å². The van der Waals surface area contributed by atoms with Crippen molar-refractivity contribution >= 4 is 22.7 Å². The van der Waals surface area contributed by atoms with Crippen LogP contribution in [0.2, 0.25) is 0 Å². The van der Waals surface area contributed by atoms with Gasteiger partial charge in [0.1, 0.15) is 17.9 Å². The summed E-state index contributed by atoms with van der Waals surface area (Å²) in [5.74, 6) is -0.184. The molecule has 0 aliphatic carbocycles. The number of aliphatic hydroxyl groups excluding tert-OH is 1. The molecule has 0 spiro atoms. The number of fused-ring (bicyclic) bond motifs is 1. The second-order valence-corrected chi connectivity index (χ2v) is 9.39. The van der Waals surface area contributed by atoms with E-state index in [0.717, 1.165) is 5.56 Å². The van der Waals surface area contributed by atoms with Crippen LogP contribution < -0.4 is 21.1 Å². The molecule has 10 nitrogen and oxygen atoms in total. The summed E-state index contributed by atoms with van der Waals surface area (Å²) < 4.78 is 48.0. The summed E-state index contributed by atoms with van der Waals surface area (Å²) in [6.45, 7) is 0.797. The molecule has 2 atom stereocenters. The van der Waals surface area contributed by atoms with E-state index in [-0.39, 0.29) is 31.1 Å². The van der Waals surface area contributed by atoms with Crippen LogP contribution in [0.3, 0.4) is 0 Å². The van der Waals surface area contributed by atoms with Crippen LogP contribution >= 0.6 is 0 Å². The van der Waals surface area contributed by atoms with Crippen LogP contribution in [0.1, 0.15) is 18.4 Å². The van der Waals surface area contributed by atoms with Crippen molar-refractivity contribution in [2.75, 3.05) is 30.8 Å². The summed E-state index contributed by atoms with van der Waals surface area (Å²) in [6, 6.07) is 6.33. The Hall–Kier alpha value is -3.97. The second-order valence-electron chi connectivity index (χ2n) is 9.39. The second kappa shape index (κ2) is 10.1. The molecule has 1 saturated heterocycles. The summed E-state index contributed by atoms with van der Waals surface area (Å²) in [7, 11) is 1.38. The van der Waals surface area contributed by atoms with Crippen LogP contribution in [-0.2, 0) is 6.54 Å². The highest BCUT2D eigenvalue weighted by molar-refractivity contribution is 5.81. The average molecular weight is 529 g/mol. The molecular weight excluding hydrogens is 501 g/mol. The third-order valence-corrected chi connectivity index (χ3v) is 6.91. The molecule has 4 heterocycles. The van der Waals surface area contributed by atoms with Gasteiger partial charge in [-0.05, 0) is 42.7 Å². The summed E-state index contributed by atoms with van der Waals surface area (Å²) in [5, 5.41) is 10.2. The number of hydrogen-bond acceptors (Lipinski definition) is 9. The predicted octanol–water partition coefficient (Wildman–Crippen LogP) is 2.59. The van der Waals surface area contributed by atoms with E-state index in [2.05, 4.69) is 19.9 Å². The molecule has 0 amide bonds. The first-order valence-electron chi connectivity index (χ1n) is 11.9. The summed E-state index contributed by atoms with van der Waals surface area (Å²) >= 11 is 0. The number of piperidine rings is 1. The van der Waals surface area contributed by atoms with E-state index in [1.807, 2.05) is 4.90 Å². The monoisotopic (exact) mass is 528 g/mol. The van der Waals surface area contributed by atoms with Gasteiger partial charge in [0.25, 0.3) is 6.43 Å². The number of aromatic nitrogens is 5. The lowest BCUT2D eigenvalue weighted by Gasteiger charge is -2.44. The maximum atomic E-state index is 14.5. The Kier molecular flexibility index (Phi) is 6.80. The standard InChI is InChI=1S/C25H27F3N8O2/c1-38-19-4-3-14(7-16(19)26)17-8-15(10-36-13-34-20-23(29)32-12-33-24(20)36)18(9-31-17)35-6-2-5-25(30,11-35)21(37)22(27)28/h3-4,7-9,12-13,21-22,37H,2,5-6,10-11,30H2,1H3,(H2,29,32,33)/t21-,25+/m0/s1. The third-order valence-electron chi connectivity index (χ3n) is 6.91. The van der Waals surface area contributed by atoms with E-state index in [9.17, 15) is 18.3 Å². The van der Waals surface area contributed by atoms with Crippen LogP contribution in [0.15, 0.2) is 43.1 Å². The lowest BCUT2D eigenvalue weighted by molar-refractivity contribution is -0.0529. The van der Waals surface area contributed by atoms with Crippen LogP contribution in [-0.4, -0.2) is 67.9 Å². The van der Waals surface area contributed by atoms with Crippen molar-refractivity contribution in [2.24, 2.45) is 5.73 Å². The molecule has 0 unspecified atom stereocenters. The maximum Gasteiger partial charge on any atom is 0.265 e. The molecule has 5 N–H and O–H groups in total. The number of aliphatic hydroxyl groups is 1. The topological polar surface area (TPSA) is 141 Å². The van der Waals surface area contributed by atoms with Gasteiger partial charge in [-0.1, -0.05) is 0 Å². The minimum Gasteiger partial charge on any atom is -0.494 e. The SMILES string of the molecule is COc1ccc(-c2cc(Cn3cnc4c(N)ncnc43)c(N3CCC[C@](N)([C@@H](O)C(F)F)C3)cn2)cc1F. The smallest absolute Gasteiger partial charge is 0.265 e. The molecule has 3 aromatic heterocycles. The van der Waals surface area contributed by atoms with Crippen molar-refractivity contribution in [3.8, 4) is 17.0 Å². The Labute approximate surface area is 216 Å². The highest BCUT2D eigenvalue weighted by atomic mass is 19.3. The lowest BCUT2D eigenvalue weighted by atomic mass is 9.84. The molecule has 13 heteroatoms. The number of anilines is 2. The zero-order chi connectivity index (χ0) is 27.0. The van der Waals surface area contributed by atoms with Gasteiger partial charge >= 0.3 is 0 Å². The van der Waals surface area contributed by atoms with E-state index in [0.29, 0.717) is 41.1 Å². The quantitative estimate of drug-likeness (QED) is 0.330. The third kappa shape index (κ3) is 4.70. The van der Waals surface area contributed by atoms with E-state index < -0.39 is 23.9 Å². The minimum absolute atomic E-state index is 0.00346. The number of imidazole rings is 1. The van der Waals surface area contributed by atoms with Gasteiger partial charge in [0.05, 0.1) is 43.1 Å². The molecule has 0 radical (unpaired) electrons. The molecule has 1 aliphatic heterocycles. The van der Waals surface area contributed by atoms with E-state index in [4.69, 9.17) is 16.2 Å².